The number of piperidine rings is 1. The molecule has 1 amide bonds. The number of aromatic nitrogens is 2. The van der Waals surface area contributed by atoms with E-state index in [1.807, 2.05) is 12.5 Å². The number of rotatable bonds is 7. The van der Waals surface area contributed by atoms with Gasteiger partial charge < -0.3 is 20.1 Å². The summed E-state index contributed by atoms with van der Waals surface area (Å²) < 4.78 is 15.2. The van der Waals surface area contributed by atoms with Crippen LogP contribution in [0.2, 0.25) is 0 Å². The lowest BCUT2D eigenvalue weighted by atomic mass is 10.0. The number of anilines is 1. The molecule has 3 heterocycles. The van der Waals surface area contributed by atoms with Crippen LogP contribution >= 0.6 is 0 Å². The molecule has 6 nitrogen and oxygen atoms in total. The van der Waals surface area contributed by atoms with Gasteiger partial charge >= 0.3 is 0 Å². The number of hydrogen-bond donors (Lipinski definition) is 2. The number of fused-ring (bicyclic) bond motifs is 3. The van der Waals surface area contributed by atoms with Gasteiger partial charge in [-0.25, -0.2) is 9.37 Å². The zero-order chi connectivity index (χ0) is 21.9. The van der Waals surface area contributed by atoms with E-state index in [2.05, 4.69) is 49.4 Å². The van der Waals surface area contributed by atoms with Gasteiger partial charge in [0.15, 0.2) is 0 Å². The molecule has 1 atom stereocenters. The molecule has 1 saturated heterocycles. The van der Waals surface area contributed by atoms with Gasteiger partial charge in [-0.15, -0.1) is 0 Å². The molecule has 0 spiro atoms. The average Bonchev–Trinajstić information content (AvgIpc) is 3.40. The normalized spacial score (nSPS) is 18.3. The number of imidazole rings is 1. The number of carbonyl (C=O) groups is 1. The molecular weight excluding hydrogens is 405 g/mol. The fourth-order valence-corrected chi connectivity index (χ4v) is 4.80. The second-order valence-corrected chi connectivity index (χ2v) is 8.62. The van der Waals surface area contributed by atoms with Crippen molar-refractivity contribution in [3.05, 3.63) is 72.4 Å². The minimum Gasteiger partial charge on any atom is -0.326 e. The third-order valence-corrected chi connectivity index (χ3v) is 6.57. The Kier molecular flexibility index (Phi) is 6.01. The van der Waals surface area contributed by atoms with Gasteiger partial charge in [-0.3, -0.25) is 4.79 Å². The summed E-state index contributed by atoms with van der Waals surface area (Å²) in [7, 11) is 0. The highest BCUT2D eigenvalue weighted by molar-refractivity contribution is 5.90. The van der Waals surface area contributed by atoms with Crippen molar-refractivity contribution in [2.24, 2.45) is 0 Å². The van der Waals surface area contributed by atoms with Crippen LogP contribution in [0.4, 0.5) is 10.1 Å². The predicted molar refractivity (Wildman–Crippen MR) is 123 cm³/mol. The Hall–Kier alpha value is -3.03. The summed E-state index contributed by atoms with van der Waals surface area (Å²) >= 11 is 0. The highest BCUT2D eigenvalue weighted by atomic mass is 19.1. The maximum atomic E-state index is 13.0. The minimum atomic E-state index is -0.304. The maximum Gasteiger partial charge on any atom is 0.225 e. The fourth-order valence-electron chi connectivity index (χ4n) is 4.80. The lowest BCUT2D eigenvalue weighted by Crippen LogP contribution is -2.44. The molecule has 5 rings (SSSR count). The SMILES string of the molecule is O=C(CCN1CCC(NCC2c3ccccc3-c3cncn32)CC1)Nc1ccc(F)cc1. The summed E-state index contributed by atoms with van der Waals surface area (Å²) in [5.41, 5.74) is 4.47. The molecule has 2 N–H and O–H groups in total. The summed E-state index contributed by atoms with van der Waals surface area (Å²) in [6.07, 6.45) is 6.47. The summed E-state index contributed by atoms with van der Waals surface area (Å²) in [5.74, 6) is -0.338. The van der Waals surface area contributed by atoms with Crippen molar-refractivity contribution in [2.45, 2.75) is 31.3 Å². The molecule has 7 heteroatoms. The van der Waals surface area contributed by atoms with Crippen LogP contribution in [0.3, 0.4) is 0 Å². The molecule has 0 saturated carbocycles. The van der Waals surface area contributed by atoms with Gasteiger partial charge in [0.2, 0.25) is 5.91 Å². The van der Waals surface area contributed by atoms with E-state index in [-0.39, 0.29) is 17.8 Å². The van der Waals surface area contributed by atoms with Crippen LogP contribution in [0.25, 0.3) is 11.3 Å². The Labute approximate surface area is 187 Å². The molecule has 3 aromatic rings. The molecule has 1 aromatic heterocycles. The van der Waals surface area contributed by atoms with Crippen molar-refractivity contribution >= 4 is 11.6 Å². The molecule has 2 aromatic carbocycles. The van der Waals surface area contributed by atoms with Gasteiger partial charge in [0.1, 0.15) is 5.82 Å². The van der Waals surface area contributed by atoms with Crippen LogP contribution in [0.1, 0.15) is 30.9 Å². The second kappa shape index (κ2) is 9.22. The zero-order valence-corrected chi connectivity index (χ0v) is 18.0. The standard InChI is InChI=1S/C25H28FN5O/c26-18-5-7-20(8-6-18)29-25(32)11-14-30-12-9-19(10-13-30)28-16-24-22-4-2-1-3-21(22)23-15-27-17-31(23)24/h1-8,15,17,19,24,28H,9-14,16H2,(H,29,32). The molecule has 2 aliphatic rings. The highest BCUT2D eigenvalue weighted by Crippen LogP contribution is 2.38. The molecule has 0 bridgehead atoms. The Morgan fingerprint density at radius 3 is 2.69 bits per heavy atom. The van der Waals surface area contributed by atoms with E-state index in [0.717, 1.165) is 39.0 Å². The molecule has 166 valence electrons. The predicted octanol–water partition coefficient (Wildman–Crippen LogP) is 3.67. The summed E-state index contributed by atoms with van der Waals surface area (Å²) in [6, 6.07) is 15.2. The van der Waals surface area contributed by atoms with E-state index < -0.39 is 0 Å². The molecule has 2 aliphatic heterocycles. The van der Waals surface area contributed by atoms with Crippen LogP contribution in [-0.2, 0) is 4.79 Å². The molecule has 32 heavy (non-hydrogen) atoms. The van der Waals surface area contributed by atoms with E-state index in [0.29, 0.717) is 18.2 Å². The molecule has 1 fully saturated rings. The largest absolute Gasteiger partial charge is 0.326 e. The highest BCUT2D eigenvalue weighted by Gasteiger charge is 2.29. The van der Waals surface area contributed by atoms with Gasteiger partial charge in [0, 0.05) is 36.8 Å². The number of carbonyl (C=O) groups excluding carboxylic acids is 1. The number of likely N-dealkylation sites (tertiary alicyclic amines) is 1. The second-order valence-electron chi connectivity index (χ2n) is 8.62. The number of benzene rings is 2. The lowest BCUT2D eigenvalue weighted by Gasteiger charge is -2.33. The van der Waals surface area contributed by atoms with Crippen LogP contribution in [-0.4, -0.2) is 52.6 Å². The van der Waals surface area contributed by atoms with Gasteiger partial charge in [-0.1, -0.05) is 24.3 Å². The van der Waals surface area contributed by atoms with Gasteiger partial charge in [0.25, 0.3) is 0 Å². The maximum absolute atomic E-state index is 13.0. The first-order chi connectivity index (χ1) is 15.7. The van der Waals surface area contributed by atoms with Gasteiger partial charge in [-0.05, 0) is 55.8 Å². The smallest absolute Gasteiger partial charge is 0.225 e. The number of nitrogens with zero attached hydrogens (tertiary/aromatic N) is 3. The first-order valence-electron chi connectivity index (χ1n) is 11.3. The van der Waals surface area contributed by atoms with E-state index in [9.17, 15) is 9.18 Å². The van der Waals surface area contributed by atoms with Crippen molar-refractivity contribution in [1.82, 2.24) is 19.8 Å². The van der Waals surface area contributed by atoms with Crippen LogP contribution in [0.15, 0.2) is 61.1 Å². The van der Waals surface area contributed by atoms with Crippen molar-refractivity contribution in [2.75, 3.05) is 31.5 Å². The monoisotopic (exact) mass is 433 g/mol. The summed E-state index contributed by atoms with van der Waals surface area (Å²) in [5, 5.41) is 6.60. The van der Waals surface area contributed by atoms with Crippen LogP contribution in [0, 0.1) is 5.82 Å². The van der Waals surface area contributed by atoms with Crippen molar-refractivity contribution in [3.8, 4) is 11.3 Å². The van der Waals surface area contributed by atoms with Gasteiger partial charge in [0.05, 0.1) is 24.3 Å². The fraction of sp³-hybridized carbons (Fsp3) is 0.360. The summed E-state index contributed by atoms with van der Waals surface area (Å²) in [4.78, 5) is 18.9. The van der Waals surface area contributed by atoms with Crippen LogP contribution < -0.4 is 10.6 Å². The Balaban J connectivity index is 1.06. The first kappa shape index (κ1) is 20.8. The van der Waals surface area contributed by atoms with Crippen LogP contribution in [0.5, 0.6) is 0 Å². The number of amides is 1. The number of nitrogens with one attached hydrogen (secondary N) is 2. The zero-order valence-electron chi connectivity index (χ0n) is 18.0. The van der Waals surface area contributed by atoms with Crippen molar-refractivity contribution in [1.29, 1.82) is 0 Å². The summed E-state index contributed by atoms with van der Waals surface area (Å²) in [6.45, 7) is 3.61. The molecule has 0 radical (unpaired) electrons. The average molecular weight is 434 g/mol. The Morgan fingerprint density at radius 2 is 1.88 bits per heavy atom. The molecular formula is C25H28FN5O. The first-order valence-corrected chi connectivity index (χ1v) is 11.3. The Morgan fingerprint density at radius 1 is 1.09 bits per heavy atom. The Bertz CT molecular complexity index is 1070. The van der Waals surface area contributed by atoms with E-state index >= 15 is 0 Å². The third kappa shape index (κ3) is 4.45. The quantitative estimate of drug-likeness (QED) is 0.597. The van der Waals surface area contributed by atoms with E-state index in [4.69, 9.17) is 0 Å². The lowest BCUT2D eigenvalue weighted by molar-refractivity contribution is -0.116. The topological polar surface area (TPSA) is 62.2 Å². The number of hydrogen-bond acceptors (Lipinski definition) is 4. The third-order valence-electron chi connectivity index (χ3n) is 6.57. The van der Waals surface area contributed by atoms with Crippen molar-refractivity contribution in [3.63, 3.8) is 0 Å². The van der Waals surface area contributed by atoms with E-state index in [1.165, 1.54) is 29.0 Å². The van der Waals surface area contributed by atoms with E-state index in [1.54, 1.807) is 12.1 Å². The van der Waals surface area contributed by atoms with Gasteiger partial charge in [-0.2, -0.15) is 0 Å². The minimum absolute atomic E-state index is 0.0344. The van der Waals surface area contributed by atoms with Crippen molar-refractivity contribution < 1.29 is 9.18 Å². The number of halogens is 1. The molecule has 1 unspecified atom stereocenters. The molecule has 0 aliphatic carbocycles.